The molecule has 1 aromatic carbocycles. The second kappa shape index (κ2) is 9.16. The van der Waals surface area contributed by atoms with E-state index in [1.54, 1.807) is 6.07 Å². The lowest BCUT2D eigenvalue weighted by molar-refractivity contribution is -0.918. The molecule has 1 aliphatic rings. The number of carbonyl (C=O) groups is 2. The Hall–Kier alpha value is -1.89. The molecule has 0 unspecified atom stereocenters. The monoisotopic (exact) mass is 392 g/mol. The molecule has 0 spiro atoms. The Labute approximate surface area is 162 Å². The number of quaternary nitrogens is 1. The maximum atomic E-state index is 12.0. The van der Waals surface area contributed by atoms with Crippen molar-refractivity contribution in [3.8, 4) is 0 Å². The van der Waals surface area contributed by atoms with Crippen molar-refractivity contribution < 1.29 is 14.5 Å². The summed E-state index contributed by atoms with van der Waals surface area (Å²) in [6.45, 7) is 3.05. The number of carbonyl (C=O) groups excluding carboxylic acids is 2. The minimum atomic E-state index is -0.197. The first-order chi connectivity index (χ1) is 12.6. The van der Waals surface area contributed by atoms with Gasteiger partial charge >= 0.3 is 0 Å². The smallest absolute Gasteiger partial charge is 0.261 e. The number of nitrogens with one attached hydrogen (secondary N) is 3. The summed E-state index contributed by atoms with van der Waals surface area (Å²) in [7, 11) is 0. The summed E-state index contributed by atoms with van der Waals surface area (Å²) in [4.78, 5) is 26.0. The lowest BCUT2D eigenvalue weighted by Crippen LogP contribution is -3.12. The van der Waals surface area contributed by atoms with Crippen LogP contribution in [0.3, 0.4) is 0 Å². The molecule has 26 heavy (non-hydrogen) atoms. The molecular formula is C19H23ClN3O2S+. The van der Waals surface area contributed by atoms with E-state index in [1.807, 2.05) is 23.6 Å². The van der Waals surface area contributed by atoms with Crippen molar-refractivity contribution in [1.29, 1.82) is 0 Å². The summed E-state index contributed by atoms with van der Waals surface area (Å²) in [5, 5.41) is 8.30. The third kappa shape index (κ3) is 5.56. The normalized spacial score (nSPS) is 19.7. The summed E-state index contributed by atoms with van der Waals surface area (Å²) in [6, 6.07) is 11.7. The number of hydrogen-bond acceptors (Lipinski definition) is 3. The van der Waals surface area contributed by atoms with Gasteiger partial charge in [-0.1, -0.05) is 29.8 Å². The maximum absolute atomic E-state index is 12.0. The maximum Gasteiger partial charge on any atom is 0.261 e. The Morgan fingerprint density at radius 2 is 1.88 bits per heavy atom. The van der Waals surface area contributed by atoms with Crippen LogP contribution in [0.4, 0.5) is 0 Å². The molecule has 1 saturated heterocycles. The van der Waals surface area contributed by atoms with Crippen LogP contribution in [-0.2, 0) is 11.3 Å². The van der Waals surface area contributed by atoms with Gasteiger partial charge in [0.25, 0.3) is 5.91 Å². The number of likely N-dealkylation sites (tertiary alicyclic amines) is 1. The molecule has 7 heteroatoms. The lowest BCUT2D eigenvalue weighted by atomic mass is 10.0. The van der Waals surface area contributed by atoms with Crippen LogP contribution in [0.15, 0.2) is 41.8 Å². The van der Waals surface area contributed by atoms with Gasteiger partial charge in [-0.2, -0.15) is 0 Å². The van der Waals surface area contributed by atoms with Gasteiger partial charge in [0.15, 0.2) is 0 Å². The van der Waals surface area contributed by atoms with Crippen molar-refractivity contribution in [3.05, 3.63) is 57.2 Å². The van der Waals surface area contributed by atoms with Gasteiger partial charge in [-0.15, -0.1) is 11.3 Å². The fraction of sp³-hybridized carbons (Fsp3) is 0.368. The van der Waals surface area contributed by atoms with Crippen LogP contribution >= 0.6 is 22.9 Å². The van der Waals surface area contributed by atoms with E-state index in [-0.39, 0.29) is 24.4 Å². The van der Waals surface area contributed by atoms with E-state index in [0.29, 0.717) is 4.88 Å². The summed E-state index contributed by atoms with van der Waals surface area (Å²) in [5.41, 5.74) is 1.28. The van der Waals surface area contributed by atoms with Gasteiger partial charge in [0.2, 0.25) is 5.91 Å². The van der Waals surface area contributed by atoms with Crippen molar-refractivity contribution in [2.75, 3.05) is 19.6 Å². The SMILES string of the molecule is O=C(CNC(=O)c1cccs1)NC1CC[NH+](Cc2ccc(Cl)cc2)CC1. The zero-order chi connectivity index (χ0) is 18.4. The van der Waals surface area contributed by atoms with Crippen molar-refractivity contribution in [1.82, 2.24) is 10.6 Å². The topological polar surface area (TPSA) is 62.6 Å². The molecule has 0 saturated carbocycles. The molecule has 3 N–H and O–H groups in total. The first-order valence-electron chi connectivity index (χ1n) is 8.79. The number of piperidine rings is 1. The fourth-order valence-electron chi connectivity index (χ4n) is 3.17. The molecule has 2 aromatic rings. The Morgan fingerprint density at radius 3 is 2.54 bits per heavy atom. The highest BCUT2D eigenvalue weighted by Crippen LogP contribution is 2.09. The molecule has 0 radical (unpaired) electrons. The average molecular weight is 393 g/mol. The van der Waals surface area contributed by atoms with E-state index < -0.39 is 0 Å². The Balaban J connectivity index is 1.36. The van der Waals surface area contributed by atoms with E-state index in [4.69, 9.17) is 11.6 Å². The largest absolute Gasteiger partial charge is 0.351 e. The van der Waals surface area contributed by atoms with Crippen molar-refractivity contribution in [2.24, 2.45) is 0 Å². The number of rotatable bonds is 6. The van der Waals surface area contributed by atoms with E-state index >= 15 is 0 Å². The van der Waals surface area contributed by atoms with E-state index in [2.05, 4.69) is 22.8 Å². The zero-order valence-electron chi connectivity index (χ0n) is 14.5. The molecule has 0 aliphatic carbocycles. The van der Waals surface area contributed by atoms with Crippen LogP contribution < -0.4 is 15.5 Å². The van der Waals surface area contributed by atoms with Gasteiger partial charge in [-0.3, -0.25) is 9.59 Å². The highest BCUT2D eigenvalue weighted by Gasteiger charge is 2.23. The second-order valence-electron chi connectivity index (χ2n) is 6.56. The molecule has 138 valence electrons. The number of benzene rings is 1. The molecular weight excluding hydrogens is 370 g/mol. The van der Waals surface area contributed by atoms with Crippen LogP contribution in [0, 0.1) is 0 Å². The van der Waals surface area contributed by atoms with Gasteiger partial charge in [0.1, 0.15) is 6.54 Å². The minimum absolute atomic E-state index is 0.0224. The molecule has 1 fully saturated rings. The minimum Gasteiger partial charge on any atom is -0.351 e. The van der Waals surface area contributed by atoms with Crippen molar-refractivity contribution >= 4 is 34.8 Å². The first kappa shape index (κ1) is 18.9. The summed E-state index contributed by atoms with van der Waals surface area (Å²) in [5.74, 6) is -0.321. The van der Waals surface area contributed by atoms with Crippen LogP contribution in [0.1, 0.15) is 28.1 Å². The van der Waals surface area contributed by atoms with Crippen LogP contribution in [0.2, 0.25) is 5.02 Å². The molecule has 1 aromatic heterocycles. The van der Waals surface area contributed by atoms with E-state index in [1.165, 1.54) is 21.8 Å². The van der Waals surface area contributed by atoms with Crippen LogP contribution in [0.25, 0.3) is 0 Å². The molecule has 5 nitrogen and oxygen atoms in total. The van der Waals surface area contributed by atoms with Crippen molar-refractivity contribution in [2.45, 2.75) is 25.4 Å². The van der Waals surface area contributed by atoms with Gasteiger partial charge in [-0.05, 0) is 23.6 Å². The summed E-state index contributed by atoms with van der Waals surface area (Å²) < 4.78 is 0. The number of thiophene rings is 1. The third-order valence-corrected chi connectivity index (χ3v) is 5.70. The third-order valence-electron chi connectivity index (χ3n) is 4.58. The molecule has 1 aliphatic heterocycles. The van der Waals surface area contributed by atoms with Crippen LogP contribution in [0.5, 0.6) is 0 Å². The lowest BCUT2D eigenvalue weighted by Gasteiger charge is -2.29. The van der Waals surface area contributed by atoms with E-state index in [0.717, 1.165) is 37.5 Å². The standard InChI is InChI=1S/C19H22ClN3O2S/c20-15-5-3-14(4-6-15)13-23-9-7-16(8-10-23)22-18(24)12-21-19(25)17-2-1-11-26-17/h1-6,11,16H,7-10,12-13H2,(H,21,25)(H,22,24)/p+1. The predicted octanol–water partition coefficient (Wildman–Crippen LogP) is 1.50. The van der Waals surface area contributed by atoms with Gasteiger partial charge in [-0.25, -0.2) is 0 Å². The quantitative estimate of drug-likeness (QED) is 0.697. The Morgan fingerprint density at radius 1 is 1.15 bits per heavy atom. The summed E-state index contributed by atoms with van der Waals surface area (Å²) >= 11 is 7.29. The summed E-state index contributed by atoms with van der Waals surface area (Å²) in [6.07, 6.45) is 1.90. The number of halogens is 1. The molecule has 0 atom stereocenters. The highest BCUT2D eigenvalue weighted by molar-refractivity contribution is 7.12. The fourth-order valence-corrected chi connectivity index (χ4v) is 3.94. The molecule has 2 amide bonds. The van der Waals surface area contributed by atoms with Crippen molar-refractivity contribution in [3.63, 3.8) is 0 Å². The average Bonchev–Trinajstić information content (AvgIpc) is 3.18. The first-order valence-corrected chi connectivity index (χ1v) is 10.0. The number of hydrogen-bond donors (Lipinski definition) is 3. The van der Waals surface area contributed by atoms with Gasteiger partial charge in [0, 0.05) is 29.5 Å². The Kier molecular flexibility index (Phi) is 6.66. The number of amides is 2. The molecule has 0 bridgehead atoms. The van der Waals surface area contributed by atoms with Gasteiger partial charge in [0.05, 0.1) is 24.5 Å². The van der Waals surface area contributed by atoms with E-state index in [9.17, 15) is 9.59 Å². The highest BCUT2D eigenvalue weighted by atomic mass is 35.5. The van der Waals surface area contributed by atoms with Crippen LogP contribution in [-0.4, -0.2) is 37.5 Å². The Bertz CT molecular complexity index is 726. The zero-order valence-corrected chi connectivity index (χ0v) is 16.0. The predicted molar refractivity (Wildman–Crippen MR) is 104 cm³/mol. The van der Waals surface area contributed by atoms with Gasteiger partial charge < -0.3 is 15.5 Å². The molecule has 2 heterocycles. The second-order valence-corrected chi connectivity index (χ2v) is 7.94. The molecule has 3 rings (SSSR count).